The van der Waals surface area contributed by atoms with E-state index in [4.69, 9.17) is 4.74 Å². The molecule has 7 nitrogen and oxygen atoms in total. The van der Waals surface area contributed by atoms with E-state index in [0.717, 1.165) is 6.42 Å². The zero-order valence-electron chi connectivity index (χ0n) is 17.8. The largest absolute Gasteiger partial charge is 0.452 e. The highest BCUT2D eigenvalue weighted by Gasteiger charge is 2.60. The first kappa shape index (κ1) is 21.1. The summed E-state index contributed by atoms with van der Waals surface area (Å²) in [6.45, 7) is 1.50. The van der Waals surface area contributed by atoms with Gasteiger partial charge in [0.25, 0.3) is 5.91 Å². The number of halogens is 1. The topological polar surface area (TPSA) is 92.8 Å². The maximum atomic E-state index is 13.0. The van der Waals surface area contributed by atoms with E-state index in [0.29, 0.717) is 11.4 Å². The van der Waals surface area contributed by atoms with Crippen LogP contribution >= 0.6 is 0 Å². The van der Waals surface area contributed by atoms with Gasteiger partial charge in [0, 0.05) is 5.69 Å². The van der Waals surface area contributed by atoms with Crippen molar-refractivity contribution < 1.29 is 28.3 Å². The molecule has 2 aromatic carbocycles. The van der Waals surface area contributed by atoms with E-state index < -0.39 is 24.3 Å². The van der Waals surface area contributed by atoms with Crippen LogP contribution in [0.25, 0.3) is 0 Å². The van der Waals surface area contributed by atoms with Crippen molar-refractivity contribution in [3.8, 4) is 0 Å². The van der Waals surface area contributed by atoms with Crippen molar-refractivity contribution in [2.75, 3.05) is 16.8 Å². The molecule has 0 unspecified atom stereocenters. The maximum absolute atomic E-state index is 13.0. The molecule has 33 heavy (non-hydrogen) atoms. The molecule has 0 radical (unpaired) electrons. The van der Waals surface area contributed by atoms with Gasteiger partial charge in [0.15, 0.2) is 6.61 Å². The van der Waals surface area contributed by atoms with Crippen LogP contribution in [0.2, 0.25) is 0 Å². The summed E-state index contributed by atoms with van der Waals surface area (Å²) >= 11 is 0. The number of hydrogen-bond acceptors (Lipinski definition) is 5. The van der Waals surface area contributed by atoms with Crippen LogP contribution in [0, 0.1) is 29.5 Å². The van der Waals surface area contributed by atoms with Crippen LogP contribution in [0.3, 0.4) is 0 Å². The van der Waals surface area contributed by atoms with E-state index in [1.165, 1.54) is 59.0 Å². The Bertz CT molecular complexity index is 1190. The van der Waals surface area contributed by atoms with Gasteiger partial charge in [0.1, 0.15) is 5.82 Å². The van der Waals surface area contributed by atoms with Gasteiger partial charge < -0.3 is 10.1 Å². The van der Waals surface area contributed by atoms with Crippen LogP contribution in [0.5, 0.6) is 0 Å². The third-order valence-electron chi connectivity index (χ3n) is 6.70. The Kier molecular flexibility index (Phi) is 5.08. The number of nitrogens with one attached hydrogen (secondary N) is 1. The third kappa shape index (κ3) is 3.61. The smallest absolute Gasteiger partial charge is 0.338 e. The summed E-state index contributed by atoms with van der Waals surface area (Å²) in [6.07, 6.45) is 2.98. The Labute approximate surface area is 189 Å². The Morgan fingerprint density at radius 3 is 2.39 bits per heavy atom. The lowest BCUT2D eigenvalue weighted by atomic mass is 9.82. The molecule has 2 aromatic rings. The summed E-state index contributed by atoms with van der Waals surface area (Å²) in [5, 5.41) is 2.50. The van der Waals surface area contributed by atoms with Crippen LogP contribution in [-0.2, 0) is 19.1 Å². The lowest BCUT2D eigenvalue weighted by molar-refractivity contribution is -0.123. The molecule has 1 saturated carbocycles. The minimum Gasteiger partial charge on any atom is -0.452 e. The van der Waals surface area contributed by atoms with Crippen LogP contribution < -0.4 is 10.2 Å². The van der Waals surface area contributed by atoms with Crippen molar-refractivity contribution in [2.45, 2.75) is 13.3 Å². The molecule has 1 N–H and O–H groups in total. The molecular weight excluding hydrogens is 427 g/mol. The van der Waals surface area contributed by atoms with Crippen LogP contribution in [0.15, 0.2) is 60.2 Å². The molecule has 2 fully saturated rings. The number of hydrogen-bond donors (Lipinski definition) is 1. The predicted molar refractivity (Wildman–Crippen MR) is 117 cm³/mol. The number of carbonyl (C=O) groups is 4. The number of nitrogens with zero attached hydrogens (tertiary/aromatic N) is 1. The molecular formula is C25H21FN2O5. The molecule has 0 aromatic heterocycles. The predicted octanol–water partition coefficient (Wildman–Crippen LogP) is 3.32. The van der Waals surface area contributed by atoms with E-state index >= 15 is 0 Å². The van der Waals surface area contributed by atoms with E-state index in [1.807, 2.05) is 6.92 Å². The molecule has 3 amide bonds. The summed E-state index contributed by atoms with van der Waals surface area (Å²) in [7, 11) is 0. The third-order valence-corrected chi connectivity index (χ3v) is 6.70. The monoisotopic (exact) mass is 448 g/mol. The number of rotatable bonds is 5. The fourth-order valence-corrected chi connectivity index (χ4v) is 5.22. The first-order valence-electron chi connectivity index (χ1n) is 10.7. The lowest BCUT2D eigenvalue weighted by Gasteiger charge is -2.19. The molecule has 4 atom stereocenters. The Hall–Kier alpha value is -3.81. The van der Waals surface area contributed by atoms with Crippen molar-refractivity contribution in [1.82, 2.24) is 0 Å². The van der Waals surface area contributed by atoms with Gasteiger partial charge in [-0.3, -0.25) is 19.3 Å². The molecule has 2 aliphatic carbocycles. The molecule has 168 valence electrons. The van der Waals surface area contributed by atoms with Gasteiger partial charge in [0.05, 0.1) is 23.1 Å². The normalized spacial score (nSPS) is 25.2. The van der Waals surface area contributed by atoms with Crippen LogP contribution in [0.4, 0.5) is 15.8 Å². The fourth-order valence-electron chi connectivity index (χ4n) is 5.22. The number of imide groups is 1. The van der Waals surface area contributed by atoms with Gasteiger partial charge in [-0.25, -0.2) is 9.18 Å². The lowest BCUT2D eigenvalue weighted by Crippen LogP contribution is -2.33. The number of benzene rings is 2. The second kappa shape index (κ2) is 7.95. The second-order valence-electron chi connectivity index (χ2n) is 8.66. The standard InChI is InChI=1S/C25H21FN2O5/c1-13-10-15-11-19(13)22-21(15)23(30)28(24(22)31)18-8-2-14(3-9-18)25(32)33-12-20(29)27-17-6-4-16(26)5-7-17/h2-10,15,19,21-22H,11-12H2,1H3,(H,27,29)/t15-,19+,21-,22-/m0/s1. The zero-order valence-corrected chi connectivity index (χ0v) is 17.8. The van der Waals surface area contributed by atoms with Crippen LogP contribution in [-0.4, -0.2) is 30.3 Å². The van der Waals surface area contributed by atoms with Crippen molar-refractivity contribution >= 4 is 35.1 Å². The number of carbonyl (C=O) groups excluding carboxylic acids is 4. The van der Waals surface area contributed by atoms with E-state index in [9.17, 15) is 23.6 Å². The number of ether oxygens (including phenoxy) is 1. The molecule has 8 heteroatoms. The SMILES string of the molecule is CC1=C[C@H]2C[C@H]1[C@@H]1C(=O)N(c3ccc(C(=O)OCC(=O)Nc4ccc(F)cc4)cc3)C(=O)[C@H]12. The van der Waals surface area contributed by atoms with Crippen molar-refractivity contribution in [3.63, 3.8) is 0 Å². The summed E-state index contributed by atoms with van der Waals surface area (Å²) in [4.78, 5) is 51.5. The number of amides is 3. The first-order valence-corrected chi connectivity index (χ1v) is 10.7. The summed E-state index contributed by atoms with van der Waals surface area (Å²) < 4.78 is 17.9. The van der Waals surface area contributed by atoms with Crippen molar-refractivity contribution in [3.05, 3.63) is 71.6 Å². The molecule has 2 bridgehead atoms. The minimum atomic E-state index is -0.718. The highest BCUT2D eigenvalue weighted by molar-refractivity contribution is 6.23. The summed E-state index contributed by atoms with van der Waals surface area (Å²) in [5.74, 6) is -2.41. The highest BCUT2D eigenvalue weighted by Crippen LogP contribution is 2.55. The Morgan fingerprint density at radius 1 is 1.03 bits per heavy atom. The first-order chi connectivity index (χ1) is 15.8. The average Bonchev–Trinajstić information content (AvgIpc) is 3.44. The quantitative estimate of drug-likeness (QED) is 0.430. The number of fused-ring (bicyclic) bond motifs is 5. The summed E-state index contributed by atoms with van der Waals surface area (Å²) in [6, 6.07) is 11.2. The highest BCUT2D eigenvalue weighted by atomic mass is 19.1. The molecule has 3 aliphatic rings. The molecule has 1 aliphatic heterocycles. The van der Waals surface area contributed by atoms with Crippen LogP contribution in [0.1, 0.15) is 23.7 Å². The Balaban J connectivity index is 1.21. The molecule has 0 spiro atoms. The number of esters is 1. The van der Waals surface area contributed by atoms with Crippen molar-refractivity contribution in [2.24, 2.45) is 23.7 Å². The van der Waals surface area contributed by atoms with Gasteiger partial charge in [-0.15, -0.1) is 0 Å². The summed E-state index contributed by atoms with van der Waals surface area (Å²) in [5.41, 5.74) is 2.17. The number of anilines is 2. The Morgan fingerprint density at radius 2 is 1.70 bits per heavy atom. The second-order valence-corrected chi connectivity index (χ2v) is 8.66. The number of allylic oxidation sites excluding steroid dienone is 2. The van der Waals surface area contributed by atoms with E-state index in [1.54, 1.807) is 0 Å². The van der Waals surface area contributed by atoms with Gasteiger partial charge >= 0.3 is 5.97 Å². The zero-order chi connectivity index (χ0) is 23.3. The minimum absolute atomic E-state index is 0.122. The molecule has 5 rings (SSSR count). The van der Waals surface area contributed by atoms with Gasteiger partial charge in [0.2, 0.25) is 11.8 Å². The van der Waals surface area contributed by atoms with Gasteiger partial charge in [-0.2, -0.15) is 0 Å². The van der Waals surface area contributed by atoms with Crippen molar-refractivity contribution in [1.29, 1.82) is 0 Å². The van der Waals surface area contributed by atoms with Gasteiger partial charge in [-0.05, 0) is 73.7 Å². The molecule has 1 heterocycles. The van der Waals surface area contributed by atoms with E-state index in [-0.39, 0.29) is 41.0 Å². The van der Waals surface area contributed by atoms with Gasteiger partial charge in [-0.1, -0.05) is 11.6 Å². The molecule has 1 saturated heterocycles. The maximum Gasteiger partial charge on any atom is 0.338 e. The average molecular weight is 448 g/mol. The van der Waals surface area contributed by atoms with E-state index in [2.05, 4.69) is 11.4 Å². The fraction of sp³-hybridized carbons (Fsp3) is 0.280.